The van der Waals surface area contributed by atoms with Crippen molar-refractivity contribution in [2.45, 2.75) is 32.9 Å². The summed E-state index contributed by atoms with van der Waals surface area (Å²) in [7, 11) is 0. The van der Waals surface area contributed by atoms with Gasteiger partial charge in [0.1, 0.15) is 0 Å². The van der Waals surface area contributed by atoms with Crippen LogP contribution in [0.2, 0.25) is 0 Å². The van der Waals surface area contributed by atoms with Gasteiger partial charge in [-0.05, 0) is 46.9 Å². The molecule has 1 N–H and O–H groups in total. The number of fused-ring (bicyclic) bond motifs is 1. The second-order valence-electron chi connectivity index (χ2n) is 7.59. The predicted molar refractivity (Wildman–Crippen MR) is 113 cm³/mol. The summed E-state index contributed by atoms with van der Waals surface area (Å²) in [6.07, 6.45) is 3.46. The molecule has 0 atom stereocenters. The van der Waals surface area contributed by atoms with Gasteiger partial charge in [0, 0.05) is 31.2 Å². The maximum atomic E-state index is 13.0. The van der Waals surface area contributed by atoms with Crippen molar-refractivity contribution in [2.24, 2.45) is 0 Å². The fourth-order valence-electron chi connectivity index (χ4n) is 3.60. The SMILES string of the molecule is CC(C)c1ccc(NC(=O)c2cccc3c2C(=O)N(Cc2cccnc2)C3)cc1. The molecule has 3 aromatic rings. The molecule has 4 rings (SSSR count). The zero-order valence-corrected chi connectivity index (χ0v) is 16.6. The molecule has 29 heavy (non-hydrogen) atoms. The van der Waals surface area contributed by atoms with E-state index in [-0.39, 0.29) is 11.8 Å². The van der Waals surface area contributed by atoms with Gasteiger partial charge < -0.3 is 10.2 Å². The molecule has 0 unspecified atom stereocenters. The minimum atomic E-state index is -0.268. The summed E-state index contributed by atoms with van der Waals surface area (Å²) in [5, 5.41) is 2.92. The average molecular weight is 385 g/mol. The number of carbonyl (C=O) groups is 2. The average Bonchev–Trinajstić information content (AvgIpc) is 3.04. The number of nitrogens with zero attached hydrogens (tertiary/aromatic N) is 2. The number of rotatable bonds is 5. The van der Waals surface area contributed by atoms with E-state index in [1.807, 2.05) is 48.5 Å². The molecule has 1 aliphatic heterocycles. The quantitative estimate of drug-likeness (QED) is 0.697. The van der Waals surface area contributed by atoms with E-state index in [2.05, 4.69) is 24.1 Å². The molecule has 2 amide bonds. The molecule has 0 saturated carbocycles. The van der Waals surface area contributed by atoms with E-state index in [0.717, 1.165) is 16.8 Å². The fraction of sp³-hybridized carbons (Fsp3) is 0.208. The van der Waals surface area contributed by atoms with Gasteiger partial charge in [-0.1, -0.05) is 44.2 Å². The standard InChI is InChI=1S/C24H23N3O2/c1-16(2)18-8-10-20(11-9-18)26-23(28)21-7-3-6-19-15-27(24(29)22(19)21)14-17-5-4-12-25-13-17/h3-13,16H,14-15H2,1-2H3,(H,26,28). The maximum absolute atomic E-state index is 13.0. The Kier molecular flexibility index (Phi) is 5.12. The first kappa shape index (κ1) is 18.9. The van der Waals surface area contributed by atoms with Crippen molar-refractivity contribution in [3.63, 3.8) is 0 Å². The van der Waals surface area contributed by atoms with Crippen molar-refractivity contribution in [3.05, 3.63) is 94.8 Å². The fourth-order valence-corrected chi connectivity index (χ4v) is 3.60. The summed E-state index contributed by atoms with van der Waals surface area (Å²) in [6, 6.07) is 17.1. The highest BCUT2D eigenvalue weighted by Gasteiger charge is 2.31. The lowest BCUT2D eigenvalue weighted by Crippen LogP contribution is -2.25. The van der Waals surface area contributed by atoms with E-state index in [4.69, 9.17) is 0 Å². The lowest BCUT2D eigenvalue weighted by atomic mass is 10.0. The van der Waals surface area contributed by atoms with Gasteiger partial charge in [0.15, 0.2) is 0 Å². The largest absolute Gasteiger partial charge is 0.330 e. The Balaban J connectivity index is 1.54. The minimum Gasteiger partial charge on any atom is -0.330 e. The number of benzene rings is 2. The van der Waals surface area contributed by atoms with E-state index < -0.39 is 0 Å². The topological polar surface area (TPSA) is 62.3 Å². The van der Waals surface area contributed by atoms with Crippen molar-refractivity contribution < 1.29 is 9.59 Å². The zero-order valence-electron chi connectivity index (χ0n) is 16.6. The van der Waals surface area contributed by atoms with Crippen LogP contribution in [0.1, 0.15) is 57.2 Å². The Morgan fingerprint density at radius 1 is 1.10 bits per heavy atom. The molecule has 2 heterocycles. The first-order valence-corrected chi connectivity index (χ1v) is 9.74. The van der Waals surface area contributed by atoms with Crippen molar-refractivity contribution in [2.75, 3.05) is 5.32 Å². The number of carbonyl (C=O) groups excluding carboxylic acids is 2. The van der Waals surface area contributed by atoms with Gasteiger partial charge in [-0.25, -0.2) is 0 Å². The van der Waals surface area contributed by atoms with Crippen LogP contribution in [0, 0.1) is 0 Å². The number of aromatic nitrogens is 1. The van der Waals surface area contributed by atoms with E-state index in [1.165, 1.54) is 5.56 Å². The lowest BCUT2D eigenvalue weighted by molar-refractivity contribution is 0.0763. The third-order valence-corrected chi connectivity index (χ3v) is 5.19. The third kappa shape index (κ3) is 3.90. The molecule has 0 spiro atoms. The number of hydrogen-bond donors (Lipinski definition) is 1. The summed E-state index contributed by atoms with van der Waals surface area (Å²) in [4.78, 5) is 31.8. The van der Waals surface area contributed by atoms with Crippen molar-refractivity contribution in [1.29, 1.82) is 0 Å². The molecule has 0 radical (unpaired) electrons. The van der Waals surface area contributed by atoms with Crippen molar-refractivity contribution in [1.82, 2.24) is 9.88 Å². The molecule has 2 aromatic carbocycles. The minimum absolute atomic E-state index is 0.121. The molecule has 5 nitrogen and oxygen atoms in total. The predicted octanol–water partition coefficient (Wildman–Crippen LogP) is 4.61. The van der Waals surface area contributed by atoms with Crippen molar-refractivity contribution in [3.8, 4) is 0 Å². The number of amides is 2. The first-order chi connectivity index (χ1) is 14.0. The summed E-state index contributed by atoms with van der Waals surface area (Å²) in [5.41, 5.74) is 4.67. The lowest BCUT2D eigenvalue weighted by Gasteiger charge is -2.15. The highest BCUT2D eigenvalue weighted by molar-refractivity contribution is 6.13. The molecule has 0 bridgehead atoms. The third-order valence-electron chi connectivity index (χ3n) is 5.19. The van der Waals surface area contributed by atoms with Crippen LogP contribution in [0.5, 0.6) is 0 Å². The highest BCUT2D eigenvalue weighted by atomic mass is 16.2. The van der Waals surface area contributed by atoms with Crippen LogP contribution in [0.3, 0.4) is 0 Å². The van der Waals surface area contributed by atoms with Crippen LogP contribution in [0.25, 0.3) is 0 Å². The Morgan fingerprint density at radius 3 is 2.59 bits per heavy atom. The number of anilines is 1. The number of nitrogens with one attached hydrogen (secondary N) is 1. The normalized spacial score (nSPS) is 12.9. The Hall–Kier alpha value is -3.47. The second-order valence-corrected chi connectivity index (χ2v) is 7.59. The van der Waals surface area contributed by atoms with Crippen molar-refractivity contribution >= 4 is 17.5 Å². The van der Waals surface area contributed by atoms with Crippen LogP contribution in [-0.2, 0) is 13.1 Å². The number of pyridine rings is 1. The molecule has 1 aromatic heterocycles. The Labute approximate surface area is 170 Å². The molecule has 146 valence electrons. The molecular weight excluding hydrogens is 362 g/mol. The molecule has 0 aliphatic carbocycles. The summed E-state index contributed by atoms with van der Waals surface area (Å²) in [5.74, 6) is 0.0426. The highest BCUT2D eigenvalue weighted by Crippen LogP contribution is 2.28. The monoisotopic (exact) mass is 385 g/mol. The van der Waals surface area contributed by atoms with Crippen LogP contribution in [-0.4, -0.2) is 21.7 Å². The smallest absolute Gasteiger partial charge is 0.256 e. The zero-order chi connectivity index (χ0) is 20.4. The van der Waals surface area contributed by atoms with Gasteiger partial charge in [0.05, 0.1) is 11.1 Å². The summed E-state index contributed by atoms with van der Waals surface area (Å²) < 4.78 is 0. The molecular formula is C24H23N3O2. The van der Waals surface area contributed by atoms with Crippen LogP contribution in [0.4, 0.5) is 5.69 Å². The molecule has 0 saturated heterocycles. The second kappa shape index (κ2) is 7.87. The van der Waals surface area contributed by atoms with E-state index in [1.54, 1.807) is 23.4 Å². The first-order valence-electron chi connectivity index (χ1n) is 9.74. The molecule has 5 heteroatoms. The van der Waals surface area contributed by atoms with Crippen LogP contribution in [0.15, 0.2) is 67.0 Å². The number of hydrogen-bond acceptors (Lipinski definition) is 3. The summed E-state index contributed by atoms with van der Waals surface area (Å²) in [6.45, 7) is 5.22. The van der Waals surface area contributed by atoms with E-state index in [0.29, 0.717) is 30.1 Å². The van der Waals surface area contributed by atoms with Gasteiger partial charge >= 0.3 is 0 Å². The Bertz CT molecular complexity index is 1040. The van der Waals surface area contributed by atoms with Crippen LogP contribution < -0.4 is 5.32 Å². The molecule has 1 aliphatic rings. The van der Waals surface area contributed by atoms with Gasteiger partial charge in [0.2, 0.25) is 0 Å². The Morgan fingerprint density at radius 2 is 1.90 bits per heavy atom. The van der Waals surface area contributed by atoms with Gasteiger partial charge in [-0.3, -0.25) is 14.6 Å². The summed E-state index contributed by atoms with van der Waals surface area (Å²) >= 11 is 0. The van der Waals surface area contributed by atoms with E-state index in [9.17, 15) is 9.59 Å². The van der Waals surface area contributed by atoms with Gasteiger partial charge in [0.25, 0.3) is 11.8 Å². The van der Waals surface area contributed by atoms with Gasteiger partial charge in [-0.2, -0.15) is 0 Å². The van der Waals surface area contributed by atoms with Crippen LogP contribution >= 0.6 is 0 Å². The molecule has 0 fully saturated rings. The van der Waals surface area contributed by atoms with E-state index >= 15 is 0 Å². The van der Waals surface area contributed by atoms with Gasteiger partial charge in [-0.15, -0.1) is 0 Å². The maximum Gasteiger partial charge on any atom is 0.256 e.